The Labute approximate surface area is 179 Å². The van der Waals surface area contributed by atoms with Gasteiger partial charge in [0.15, 0.2) is 0 Å². The summed E-state index contributed by atoms with van der Waals surface area (Å²) in [6, 6.07) is 30.8. The van der Waals surface area contributed by atoms with Crippen molar-refractivity contribution in [1.82, 2.24) is 4.90 Å². The van der Waals surface area contributed by atoms with Gasteiger partial charge in [-0.15, -0.1) is 0 Å². The number of piperidine rings is 1. The SMILES string of the molecule is OC1(c2ccccc2)CCCN(CCCOc2ccccc2)C1Cc1ccccc1. The van der Waals surface area contributed by atoms with Gasteiger partial charge in [-0.05, 0) is 55.5 Å². The highest BCUT2D eigenvalue weighted by Gasteiger charge is 2.44. The van der Waals surface area contributed by atoms with Crippen LogP contribution in [-0.4, -0.2) is 35.7 Å². The van der Waals surface area contributed by atoms with E-state index in [-0.39, 0.29) is 6.04 Å². The summed E-state index contributed by atoms with van der Waals surface area (Å²) in [5, 5.41) is 11.9. The Hall–Kier alpha value is -2.62. The molecule has 3 nitrogen and oxygen atoms in total. The van der Waals surface area contributed by atoms with E-state index < -0.39 is 5.60 Å². The molecular formula is C27H31NO2. The van der Waals surface area contributed by atoms with Gasteiger partial charge in [0.05, 0.1) is 6.61 Å². The van der Waals surface area contributed by atoms with Gasteiger partial charge >= 0.3 is 0 Å². The first kappa shape index (κ1) is 20.6. The zero-order chi connectivity index (χ0) is 20.7. The van der Waals surface area contributed by atoms with Crippen molar-refractivity contribution in [2.75, 3.05) is 19.7 Å². The van der Waals surface area contributed by atoms with Crippen LogP contribution in [0.25, 0.3) is 0 Å². The number of aliphatic hydroxyl groups is 1. The van der Waals surface area contributed by atoms with Crippen LogP contribution < -0.4 is 4.74 Å². The highest BCUT2D eigenvalue weighted by molar-refractivity contribution is 5.28. The molecule has 0 spiro atoms. The standard InChI is InChI=1S/C27H31NO2/c29-27(24-14-6-2-7-15-24)18-10-19-28(26(27)22-23-12-4-1-5-13-23)20-11-21-30-25-16-8-3-9-17-25/h1-9,12-17,26,29H,10-11,18-22H2. The van der Waals surface area contributed by atoms with Gasteiger partial charge in [0.1, 0.15) is 11.4 Å². The molecule has 1 heterocycles. The van der Waals surface area contributed by atoms with Crippen LogP contribution in [0.1, 0.15) is 30.4 Å². The summed E-state index contributed by atoms with van der Waals surface area (Å²) >= 11 is 0. The van der Waals surface area contributed by atoms with Crippen molar-refractivity contribution in [3.8, 4) is 5.75 Å². The lowest BCUT2D eigenvalue weighted by Gasteiger charge is -2.47. The molecule has 3 aromatic carbocycles. The van der Waals surface area contributed by atoms with Crippen molar-refractivity contribution in [2.24, 2.45) is 0 Å². The molecule has 0 radical (unpaired) electrons. The van der Waals surface area contributed by atoms with Gasteiger partial charge in [-0.25, -0.2) is 0 Å². The fraction of sp³-hybridized carbons (Fsp3) is 0.333. The smallest absolute Gasteiger partial charge is 0.119 e. The molecule has 3 aromatic rings. The Morgan fingerprint density at radius 2 is 1.50 bits per heavy atom. The quantitative estimate of drug-likeness (QED) is 0.536. The number of para-hydroxylation sites is 1. The molecule has 0 bridgehead atoms. The molecule has 0 saturated carbocycles. The molecule has 4 rings (SSSR count). The Morgan fingerprint density at radius 3 is 2.20 bits per heavy atom. The maximum atomic E-state index is 11.9. The number of hydrogen-bond acceptors (Lipinski definition) is 3. The third-order valence-electron chi connectivity index (χ3n) is 6.14. The summed E-state index contributed by atoms with van der Waals surface area (Å²) in [6.45, 7) is 2.61. The summed E-state index contributed by atoms with van der Waals surface area (Å²) in [5.74, 6) is 0.915. The van der Waals surface area contributed by atoms with Gasteiger partial charge in [-0.3, -0.25) is 4.90 Å². The van der Waals surface area contributed by atoms with Crippen LogP contribution in [-0.2, 0) is 12.0 Å². The lowest BCUT2D eigenvalue weighted by molar-refractivity contribution is -0.0874. The first-order valence-corrected chi connectivity index (χ1v) is 11.0. The van der Waals surface area contributed by atoms with Crippen molar-refractivity contribution >= 4 is 0 Å². The van der Waals surface area contributed by atoms with E-state index in [2.05, 4.69) is 41.3 Å². The van der Waals surface area contributed by atoms with E-state index >= 15 is 0 Å². The van der Waals surface area contributed by atoms with Crippen LogP contribution in [0, 0.1) is 0 Å². The molecule has 1 N–H and O–H groups in total. The maximum absolute atomic E-state index is 11.9. The minimum Gasteiger partial charge on any atom is -0.494 e. The normalized spacial score (nSPS) is 22.0. The van der Waals surface area contributed by atoms with Crippen molar-refractivity contribution in [1.29, 1.82) is 0 Å². The van der Waals surface area contributed by atoms with Crippen molar-refractivity contribution < 1.29 is 9.84 Å². The molecule has 0 amide bonds. The Morgan fingerprint density at radius 1 is 0.867 bits per heavy atom. The molecule has 2 unspecified atom stereocenters. The highest BCUT2D eigenvalue weighted by atomic mass is 16.5. The molecule has 156 valence electrons. The molecule has 1 saturated heterocycles. The zero-order valence-corrected chi connectivity index (χ0v) is 17.5. The van der Waals surface area contributed by atoms with Crippen LogP contribution >= 0.6 is 0 Å². The fourth-order valence-corrected chi connectivity index (χ4v) is 4.62. The second-order valence-electron chi connectivity index (χ2n) is 8.15. The third-order valence-corrected chi connectivity index (χ3v) is 6.14. The van der Waals surface area contributed by atoms with Crippen LogP contribution in [0.5, 0.6) is 5.75 Å². The number of hydrogen-bond donors (Lipinski definition) is 1. The van der Waals surface area contributed by atoms with Crippen LogP contribution in [0.4, 0.5) is 0 Å². The van der Waals surface area contributed by atoms with E-state index in [1.165, 1.54) is 5.56 Å². The molecular weight excluding hydrogens is 370 g/mol. The van der Waals surface area contributed by atoms with Gasteiger partial charge in [0, 0.05) is 12.6 Å². The number of ether oxygens (including phenoxy) is 1. The van der Waals surface area contributed by atoms with Crippen molar-refractivity contribution in [3.63, 3.8) is 0 Å². The van der Waals surface area contributed by atoms with Gasteiger partial charge in [0.2, 0.25) is 0 Å². The van der Waals surface area contributed by atoms with Crippen molar-refractivity contribution in [2.45, 2.75) is 37.3 Å². The average Bonchev–Trinajstić information content (AvgIpc) is 2.81. The zero-order valence-electron chi connectivity index (χ0n) is 17.5. The summed E-state index contributed by atoms with van der Waals surface area (Å²) in [5.41, 5.74) is 1.45. The van der Waals surface area contributed by atoms with E-state index in [1.807, 2.05) is 54.6 Å². The van der Waals surface area contributed by atoms with Gasteiger partial charge in [0.25, 0.3) is 0 Å². The Kier molecular flexibility index (Phi) is 6.83. The van der Waals surface area contributed by atoms with Crippen LogP contribution in [0.2, 0.25) is 0 Å². The maximum Gasteiger partial charge on any atom is 0.119 e. The predicted octanol–water partition coefficient (Wildman–Crippen LogP) is 5.05. The highest BCUT2D eigenvalue weighted by Crippen LogP contribution is 2.38. The lowest BCUT2D eigenvalue weighted by atomic mass is 9.76. The number of nitrogens with zero attached hydrogens (tertiary/aromatic N) is 1. The second-order valence-corrected chi connectivity index (χ2v) is 8.15. The molecule has 30 heavy (non-hydrogen) atoms. The summed E-state index contributed by atoms with van der Waals surface area (Å²) in [4.78, 5) is 2.47. The molecule has 0 aromatic heterocycles. The largest absolute Gasteiger partial charge is 0.494 e. The van der Waals surface area contributed by atoms with E-state index in [0.29, 0.717) is 6.61 Å². The minimum absolute atomic E-state index is 0.0489. The van der Waals surface area contributed by atoms with E-state index in [0.717, 1.165) is 50.1 Å². The summed E-state index contributed by atoms with van der Waals surface area (Å²) < 4.78 is 5.90. The van der Waals surface area contributed by atoms with Gasteiger partial charge in [-0.1, -0.05) is 78.9 Å². The van der Waals surface area contributed by atoms with Gasteiger partial charge in [-0.2, -0.15) is 0 Å². The lowest BCUT2D eigenvalue weighted by Crippen LogP contribution is -2.56. The topological polar surface area (TPSA) is 32.7 Å². The summed E-state index contributed by atoms with van der Waals surface area (Å²) in [7, 11) is 0. The number of rotatable bonds is 8. The molecule has 1 fully saturated rings. The number of benzene rings is 3. The monoisotopic (exact) mass is 401 g/mol. The van der Waals surface area contributed by atoms with Crippen LogP contribution in [0.15, 0.2) is 91.0 Å². The molecule has 2 atom stereocenters. The molecule has 1 aliphatic rings. The van der Waals surface area contributed by atoms with Crippen molar-refractivity contribution in [3.05, 3.63) is 102 Å². The molecule has 3 heteroatoms. The van der Waals surface area contributed by atoms with E-state index in [9.17, 15) is 5.11 Å². The van der Waals surface area contributed by atoms with E-state index in [4.69, 9.17) is 4.74 Å². The Balaban J connectivity index is 1.48. The predicted molar refractivity (Wildman–Crippen MR) is 122 cm³/mol. The second kappa shape index (κ2) is 9.92. The first-order chi connectivity index (χ1) is 14.8. The fourth-order valence-electron chi connectivity index (χ4n) is 4.62. The average molecular weight is 402 g/mol. The van der Waals surface area contributed by atoms with E-state index in [1.54, 1.807) is 0 Å². The Bertz CT molecular complexity index is 885. The first-order valence-electron chi connectivity index (χ1n) is 11.0. The molecule has 0 aliphatic carbocycles. The minimum atomic E-state index is -0.838. The molecule has 1 aliphatic heterocycles. The number of likely N-dealkylation sites (tertiary alicyclic amines) is 1. The van der Waals surface area contributed by atoms with Crippen LogP contribution in [0.3, 0.4) is 0 Å². The third kappa shape index (κ3) is 4.92. The summed E-state index contributed by atoms with van der Waals surface area (Å²) in [6.07, 6.45) is 3.57. The van der Waals surface area contributed by atoms with Gasteiger partial charge < -0.3 is 9.84 Å².